The zero-order valence-corrected chi connectivity index (χ0v) is 12.4. The van der Waals surface area contributed by atoms with Crippen molar-refractivity contribution in [2.75, 3.05) is 26.7 Å². The van der Waals surface area contributed by atoms with Crippen molar-refractivity contribution in [1.82, 2.24) is 15.5 Å². The zero-order chi connectivity index (χ0) is 14.3. The fourth-order valence-electron chi connectivity index (χ4n) is 2.41. The molecule has 0 aliphatic carbocycles. The number of likely N-dealkylation sites (tertiary alicyclic amines) is 1. The highest BCUT2D eigenvalue weighted by Gasteiger charge is 2.27. The molecule has 0 aromatic rings. The van der Waals surface area contributed by atoms with Crippen LogP contribution in [-0.2, 0) is 9.59 Å². The molecule has 1 aliphatic rings. The summed E-state index contributed by atoms with van der Waals surface area (Å²) in [5.74, 6) is 0.203. The van der Waals surface area contributed by atoms with Gasteiger partial charge in [0, 0.05) is 32.6 Å². The van der Waals surface area contributed by atoms with Gasteiger partial charge in [0.2, 0.25) is 11.8 Å². The van der Waals surface area contributed by atoms with Crippen LogP contribution in [-0.4, -0.2) is 49.4 Å². The van der Waals surface area contributed by atoms with Crippen LogP contribution in [0.5, 0.6) is 0 Å². The van der Waals surface area contributed by atoms with Crippen molar-refractivity contribution in [2.24, 2.45) is 5.92 Å². The fourth-order valence-corrected chi connectivity index (χ4v) is 2.41. The van der Waals surface area contributed by atoms with Gasteiger partial charge in [-0.2, -0.15) is 0 Å². The van der Waals surface area contributed by atoms with E-state index in [1.54, 1.807) is 7.05 Å². The number of amides is 2. The molecule has 2 amide bonds. The minimum atomic E-state index is -0.0310. The van der Waals surface area contributed by atoms with Gasteiger partial charge in [0.1, 0.15) is 0 Å². The van der Waals surface area contributed by atoms with Gasteiger partial charge in [-0.3, -0.25) is 9.59 Å². The van der Waals surface area contributed by atoms with Crippen LogP contribution in [0.3, 0.4) is 0 Å². The Morgan fingerprint density at radius 3 is 2.74 bits per heavy atom. The third-order valence-corrected chi connectivity index (χ3v) is 3.51. The molecular weight excluding hydrogens is 242 g/mol. The van der Waals surface area contributed by atoms with E-state index in [-0.39, 0.29) is 17.7 Å². The molecule has 0 saturated carbocycles. The van der Waals surface area contributed by atoms with Crippen LogP contribution in [0.4, 0.5) is 0 Å². The summed E-state index contributed by atoms with van der Waals surface area (Å²) in [6.45, 7) is 6.44. The molecule has 2 N–H and O–H groups in total. The predicted molar refractivity (Wildman–Crippen MR) is 75.7 cm³/mol. The number of rotatable bonds is 6. The highest BCUT2D eigenvalue weighted by molar-refractivity contribution is 5.81. The van der Waals surface area contributed by atoms with E-state index in [0.717, 1.165) is 32.4 Å². The van der Waals surface area contributed by atoms with E-state index in [1.165, 1.54) is 0 Å². The van der Waals surface area contributed by atoms with Crippen molar-refractivity contribution in [3.63, 3.8) is 0 Å². The molecule has 1 unspecified atom stereocenters. The summed E-state index contributed by atoms with van der Waals surface area (Å²) in [5, 5.41) is 5.98. The van der Waals surface area contributed by atoms with E-state index < -0.39 is 0 Å². The first-order chi connectivity index (χ1) is 9.04. The molecule has 1 saturated heterocycles. The molecule has 0 radical (unpaired) electrons. The summed E-state index contributed by atoms with van der Waals surface area (Å²) in [4.78, 5) is 25.5. The smallest absolute Gasteiger partial charge is 0.224 e. The molecule has 1 heterocycles. The molecule has 0 spiro atoms. The molecular formula is C14H27N3O2. The Morgan fingerprint density at radius 2 is 2.11 bits per heavy atom. The summed E-state index contributed by atoms with van der Waals surface area (Å²) in [6, 6.07) is 0.461. The Hall–Kier alpha value is -1.10. The van der Waals surface area contributed by atoms with E-state index in [1.807, 2.05) is 4.90 Å². The van der Waals surface area contributed by atoms with Crippen LogP contribution >= 0.6 is 0 Å². The van der Waals surface area contributed by atoms with Gasteiger partial charge in [0.05, 0.1) is 5.92 Å². The van der Waals surface area contributed by atoms with Crippen molar-refractivity contribution in [3.05, 3.63) is 0 Å². The second kappa shape index (κ2) is 8.15. The minimum Gasteiger partial charge on any atom is -0.359 e. The van der Waals surface area contributed by atoms with Gasteiger partial charge in [-0.1, -0.05) is 13.8 Å². The third kappa shape index (κ3) is 5.59. The van der Waals surface area contributed by atoms with Gasteiger partial charge < -0.3 is 15.5 Å². The van der Waals surface area contributed by atoms with E-state index in [2.05, 4.69) is 24.5 Å². The number of nitrogens with zero attached hydrogens (tertiary/aromatic N) is 1. The average Bonchev–Trinajstić information content (AvgIpc) is 2.42. The zero-order valence-electron chi connectivity index (χ0n) is 12.4. The lowest BCUT2D eigenvalue weighted by molar-refractivity contribution is -0.135. The number of carbonyl (C=O) groups is 2. The average molecular weight is 269 g/mol. The van der Waals surface area contributed by atoms with Crippen LogP contribution in [0.2, 0.25) is 0 Å². The van der Waals surface area contributed by atoms with E-state index >= 15 is 0 Å². The number of hydrogen-bond donors (Lipinski definition) is 2. The summed E-state index contributed by atoms with van der Waals surface area (Å²) >= 11 is 0. The summed E-state index contributed by atoms with van der Waals surface area (Å²) < 4.78 is 0. The van der Waals surface area contributed by atoms with Crippen LogP contribution in [0, 0.1) is 5.92 Å². The van der Waals surface area contributed by atoms with Crippen LogP contribution in [0.1, 0.15) is 39.5 Å². The van der Waals surface area contributed by atoms with Gasteiger partial charge in [-0.25, -0.2) is 0 Å². The number of nitrogens with one attached hydrogen (secondary N) is 2. The molecule has 0 aromatic heterocycles. The first kappa shape index (κ1) is 16.0. The summed E-state index contributed by atoms with van der Waals surface area (Å²) in [7, 11) is 1.65. The van der Waals surface area contributed by atoms with Gasteiger partial charge in [-0.05, 0) is 25.8 Å². The normalized spacial score (nSPS) is 19.6. The largest absolute Gasteiger partial charge is 0.359 e. The number of piperidine rings is 1. The van der Waals surface area contributed by atoms with E-state index in [0.29, 0.717) is 19.0 Å². The monoisotopic (exact) mass is 269 g/mol. The van der Waals surface area contributed by atoms with Crippen molar-refractivity contribution in [1.29, 1.82) is 0 Å². The van der Waals surface area contributed by atoms with E-state index in [4.69, 9.17) is 0 Å². The second-order valence-electron chi connectivity index (χ2n) is 5.51. The lowest BCUT2D eigenvalue weighted by Crippen LogP contribution is -2.44. The first-order valence-electron chi connectivity index (χ1n) is 7.27. The molecule has 5 heteroatoms. The topological polar surface area (TPSA) is 61.4 Å². The molecule has 1 fully saturated rings. The molecule has 5 nitrogen and oxygen atoms in total. The lowest BCUT2D eigenvalue weighted by atomic mass is 9.97. The Morgan fingerprint density at radius 1 is 1.37 bits per heavy atom. The Bertz CT molecular complexity index is 305. The molecule has 1 atom stereocenters. The predicted octanol–water partition coefficient (Wildman–Crippen LogP) is 0.749. The Balaban J connectivity index is 2.29. The van der Waals surface area contributed by atoms with Gasteiger partial charge >= 0.3 is 0 Å². The molecule has 0 bridgehead atoms. The van der Waals surface area contributed by atoms with Gasteiger partial charge in [0.25, 0.3) is 0 Å². The van der Waals surface area contributed by atoms with Crippen LogP contribution in [0.25, 0.3) is 0 Å². The number of hydrogen-bond acceptors (Lipinski definition) is 3. The maximum Gasteiger partial charge on any atom is 0.224 e. The SMILES string of the molecule is CNC(=O)C1CCCN(C(=O)CCCNC(C)C)C1. The van der Waals surface area contributed by atoms with Crippen LogP contribution < -0.4 is 10.6 Å². The summed E-state index contributed by atoms with van der Waals surface area (Å²) in [6.07, 6.45) is 3.24. The Kier molecular flexibility index (Phi) is 6.84. The molecule has 0 aromatic carbocycles. The van der Waals surface area contributed by atoms with Gasteiger partial charge in [-0.15, -0.1) is 0 Å². The Labute approximate surface area is 116 Å². The van der Waals surface area contributed by atoms with Gasteiger partial charge in [0.15, 0.2) is 0 Å². The quantitative estimate of drug-likeness (QED) is 0.700. The first-order valence-corrected chi connectivity index (χ1v) is 7.27. The van der Waals surface area contributed by atoms with Crippen molar-refractivity contribution in [3.8, 4) is 0 Å². The van der Waals surface area contributed by atoms with Crippen molar-refractivity contribution >= 4 is 11.8 Å². The van der Waals surface area contributed by atoms with Crippen LogP contribution in [0.15, 0.2) is 0 Å². The lowest BCUT2D eigenvalue weighted by Gasteiger charge is -2.32. The van der Waals surface area contributed by atoms with E-state index in [9.17, 15) is 9.59 Å². The molecule has 1 rings (SSSR count). The highest BCUT2D eigenvalue weighted by Crippen LogP contribution is 2.17. The maximum atomic E-state index is 12.1. The third-order valence-electron chi connectivity index (χ3n) is 3.51. The molecule has 110 valence electrons. The fraction of sp³-hybridized carbons (Fsp3) is 0.857. The summed E-state index contributed by atoms with van der Waals surface area (Å²) in [5.41, 5.74) is 0. The number of carbonyl (C=O) groups excluding carboxylic acids is 2. The highest BCUT2D eigenvalue weighted by atomic mass is 16.2. The van der Waals surface area contributed by atoms with Crippen molar-refractivity contribution < 1.29 is 9.59 Å². The maximum absolute atomic E-state index is 12.1. The molecule has 1 aliphatic heterocycles. The minimum absolute atomic E-state index is 0.0310. The molecule has 19 heavy (non-hydrogen) atoms. The second-order valence-corrected chi connectivity index (χ2v) is 5.51. The standard InChI is InChI=1S/C14H27N3O2/c1-11(2)16-8-4-7-13(18)17-9-5-6-12(10-17)14(19)15-3/h11-12,16H,4-10H2,1-3H3,(H,15,19). The van der Waals surface area contributed by atoms with Crippen molar-refractivity contribution in [2.45, 2.75) is 45.6 Å².